The van der Waals surface area contributed by atoms with Gasteiger partial charge < -0.3 is 15.2 Å². The fraction of sp³-hybridized carbons (Fsp3) is 0.333. The first kappa shape index (κ1) is 36.0. The van der Waals surface area contributed by atoms with E-state index in [2.05, 4.69) is 84.8 Å². The topological polar surface area (TPSA) is 58.4 Å². The minimum Gasteiger partial charge on any atom is -0.344 e. The van der Waals surface area contributed by atoms with Gasteiger partial charge >= 0.3 is 0 Å². The van der Waals surface area contributed by atoms with Crippen LogP contribution in [0, 0.1) is 6.92 Å². The number of aryl methyl sites for hydroxylation is 1. The SMILES string of the molecule is C/C=C\CC.C=CC(C=C)c1ccc(-c2c/c(=C/N=C(C)Nc3ccc(C4CCNC4)cc3)c(=C)n(C)c2=O)c(C)c1.CC. The molecule has 0 aliphatic carbocycles. The van der Waals surface area contributed by atoms with Crippen LogP contribution >= 0.6 is 0 Å². The molecule has 2 aromatic carbocycles. The monoisotopic (exact) mass is 592 g/mol. The van der Waals surface area contributed by atoms with Gasteiger partial charge in [0.05, 0.1) is 0 Å². The van der Waals surface area contributed by atoms with Crippen molar-refractivity contribution < 1.29 is 0 Å². The Bertz CT molecular complexity index is 1600. The second-order valence-electron chi connectivity index (χ2n) is 10.7. The molecule has 2 N–H and O–H groups in total. The van der Waals surface area contributed by atoms with Gasteiger partial charge in [-0.15, -0.1) is 13.2 Å². The Morgan fingerprint density at radius 1 is 1.11 bits per heavy atom. The molecule has 3 aromatic rings. The summed E-state index contributed by atoms with van der Waals surface area (Å²) in [7, 11) is 1.75. The Morgan fingerprint density at radius 3 is 2.32 bits per heavy atom. The van der Waals surface area contributed by atoms with Crippen LogP contribution in [0.4, 0.5) is 5.69 Å². The zero-order valence-corrected chi connectivity index (χ0v) is 27.9. The lowest BCUT2D eigenvalue weighted by molar-refractivity contribution is 0.763. The summed E-state index contributed by atoms with van der Waals surface area (Å²) in [6.45, 7) is 26.1. The number of hydrogen-bond acceptors (Lipinski definition) is 3. The molecule has 1 atom stereocenters. The molecule has 0 radical (unpaired) electrons. The molecule has 1 fully saturated rings. The Morgan fingerprint density at radius 2 is 1.80 bits per heavy atom. The molecule has 0 spiro atoms. The molecule has 4 rings (SSSR count). The van der Waals surface area contributed by atoms with Crippen molar-refractivity contribution in [1.29, 1.82) is 0 Å². The number of aromatic nitrogens is 1. The fourth-order valence-corrected chi connectivity index (χ4v) is 5.09. The van der Waals surface area contributed by atoms with Gasteiger partial charge in [-0.25, -0.2) is 4.99 Å². The van der Waals surface area contributed by atoms with Gasteiger partial charge in [-0.1, -0.05) is 82.0 Å². The molecule has 1 unspecified atom stereocenters. The number of amidine groups is 1. The molecule has 234 valence electrons. The van der Waals surface area contributed by atoms with E-state index in [-0.39, 0.29) is 11.5 Å². The van der Waals surface area contributed by atoms with E-state index >= 15 is 0 Å². The van der Waals surface area contributed by atoms with Crippen molar-refractivity contribution in [3.8, 4) is 11.1 Å². The van der Waals surface area contributed by atoms with E-state index in [1.165, 1.54) is 12.0 Å². The smallest absolute Gasteiger partial charge is 0.258 e. The number of hydrogen-bond donors (Lipinski definition) is 2. The van der Waals surface area contributed by atoms with Crippen molar-refractivity contribution in [3.05, 3.63) is 124 Å². The van der Waals surface area contributed by atoms with Crippen LogP contribution in [0.1, 0.15) is 76.0 Å². The van der Waals surface area contributed by atoms with Crippen LogP contribution in [0.15, 0.2) is 95.8 Å². The molecule has 1 aromatic heterocycles. The maximum absolute atomic E-state index is 13.2. The van der Waals surface area contributed by atoms with Crippen molar-refractivity contribution in [2.24, 2.45) is 12.0 Å². The highest BCUT2D eigenvalue weighted by molar-refractivity contribution is 5.94. The minimum atomic E-state index is -0.0848. The fourth-order valence-electron chi connectivity index (χ4n) is 5.09. The van der Waals surface area contributed by atoms with Crippen LogP contribution in [-0.2, 0) is 7.05 Å². The Kier molecular flexibility index (Phi) is 15.1. The maximum Gasteiger partial charge on any atom is 0.258 e. The Labute approximate surface area is 265 Å². The summed E-state index contributed by atoms with van der Waals surface area (Å²) in [6.07, 6.45) is 12.0. The standard InChI is InChI=1S/C32H36N4O.C5H10.C2H6/c1-7-24(8-2)26-11-14-30(21(3)17-26)31-18-28(22(4)36(6)32(31)37)20-34-23(5)35-29-12-9-25(10-13-29)27-15-16-33-19-27;1-3-5-4-2;1-2/h7-14,17-18,20,24,27,33H,1-2,4,15-16,19H2,3,5-6H3,(H,34,35);3,5H,4H2,1-2H3;1-2H3/b28-20-;5-3-;. The molecule has 1 aliphatic heterocycles. The number of pyridine rings is 1. The van der Waals surface area contributed by atoms with E-state index in [4.69, 9.17) is 0 Å². The van der Waals surface area contributed by atoms with Crippen molar-refractivity contribution in [2.45, 2.75) is 66.2 Å². The lowest BCUT2D eigenvalue weighted by Crippen LogP contribution is -2.41. The number of nitrogens with one attached hydrogen (secondary N) is 2. The van der Waals surface area contributed by atoms with Gasteiger partial charge in [0, 0.05) is 47.5 Å². The number of aliphatic imine (C=N–C) groups is 1. The Hall–Kier alpha value is -4.22. The first-order chi connectivity index (χ1) is 21.2. The lowest BCUT2D eigenvalue weighted by Gasteiger charge is -2.13. The van der Waals surface area contributed by atoms with Gasteiger partial charge in [-0.3, -0.25) is 4.79 Å². The highest BCUT2D eigenvalue weighted by Crippen LogP contribution is 2.26. The van der Waals surface area contributed by atoms with Gasteiger partial charge in [0.2, 0.25) is 0 Å². The molecule has 1 saturated heterocycles. The molecule has 5 heteroatoms. The third-order valence-corrected chi connectivity index (χ3v) is 7.64. The average Bonchev–Trinajstić information content (AvgIpc) is 3.58. The molecular formula is C39H52N4O. The first-order valence-corrected chi connectivity index (χ1v) is 15.7. The third kappa shape index (κ3) is 9.65. The maximum atomic E-state index is 13.2. The molecule has 44 heavy (non-hydrogen) atoms. The van der Waals surface area contributed by atoms with Crippen LogP contribution in [0.3, 0.4) is 0 Å². The third-order valence-electron chi connectivity index (χ3n) is 7.64. The van der Waals surface area contributed by atoms with Crippen molar-refractivity contribution >= 4 is 24.3 Å². The summed E-state index contributed by atoms with van der Waals surface area (Å²) in [5.74, 6) is 1.42. The van der Waals surface area contributed by atoms with E-state index in [0.29, 0.717) is 16.8 Å². The number of benzene rings is 2. The minimum absolute atomic E-state index is 0.0717. The second kappa shape index (κ2) is 18.4. The highest BCUT2D eigenvalue weighted by Gasteiger charge is 2.16. The average molecular weight is 593 g/mol. The van der Waals surface area contributed by atoms with Gasteiger partial charge in [0.1, 0.15) is 5.84 Å². The van der Waals surface area contributed by atoms with E-state index in [0.717, 1.165) is 52.9 Å². The van der Waals surface area contributed by atoms with Crippen molar-refractivity contribution in [2.75, 3.05) is 18.4 Å². The first-order valence-electron chi connectivity index (χ1n) is 15.7. The van der Waals surface area contributed by atoms with E-state index in [1.54, 1.807) is 17.8 Å². The zero-order valence-electron chi connectivity index (χ0n) is 27.9. The predicted molar refractivity (Wildman–Crippen MR) is 194 cm³/mol. The Balaban J connectivity index is 0.000000876. The summed E-state index contributed by atoms with van der Waals surface area (Å²) >= 11 is 0. The van der Waals surface area contributed by atoms with Crippen molar-refractivity contribution in [3.63, 3.8) is 0 Å². The van der Waals surface area contributed by atoms with Crippen LogP contribution in [0.5, 0.6) is 0 Å². The summed E-state index contributed by atoms with van der Waals surface area (Å²) in [5, 5.41) is 8.19. The van der Waals surface area contributed by atoms with E-state index in [9.17, 15) is 4.79 Å². The number of anilines is 1. The molecule has 0 amide bonds. The largest absolute Gasteiger partial charge is 0.344 e. The normalized spacial score (nSPS) is 15.0. The van der Waals surface area contributed by atoms with Crippen LogP contribution in [-0.4, -0.2) is 23.5 Å². The zero-order chi connectivity index (χ0) is 32.6. The molecular weight excluding hydrogens is 540 g/mol. The molecule has 2 heterocycles. The number of nitrogens with zero attached hydrogens (tertiary/aromatic N) is 2. The summed E-state index contributed by atoms with van der Waals surface area (Å²) in [5.41, 5.74) is 5.90. The van der Waals surface area contributed by atoms with Gasteiger partial charge in [0.15, 0.2) is 0 Å². The van der Waals surface area contributed by atoms with Crippen LogP contribution in [0.25, 0.3) is 23.9 Å². The van der Waals surface area contributed by atoms with Gasteiger partial charge in [-0.2, -0.15) is 0 Å². The molecule has 5 nitrogen and oxygen atoms in total. The van der Waals surface area contributed by atoms with Crippen LogP contribution < -0.4 is 26.8 Å². The summed E-state index contributed by atoms with van der Waals surface area (Å²) < 4.78 is 1.58. The quantitative estimate of drug-likeness (QED) is 0.161. The molecule has 1 aliphatic rings. The number of allylic oxidation sites excluding steroid dienone is 4. The molecule has 0 saturated carbocycles. The highest BCUT2D eigenvalue weighted by atomic mass is 16.1. The van der Waals surface area contributed by atoms with Crippen molar-refractivity contribution in [1.82, 2.24) is 9.88 Å². The lowest BCUT2D eigenvalue weighted by atomic mass is 9.93. The predicted octanol–water partition coefficient (Wildman–Crippen LogP) is 7.57. The number of rotatable bonds is 8. The van der Waals surface area contributed by atoms with E-state index < -0.39 is 0 Å². The summed E-state index contributed by atoms with van der Waals surface area (Å²) in [6, 6.07) is 16.6. The summed E-state index contributed by atoms with van der Waals surface area (Å²) in [4.78, 5) is 17.8. The second-order valence-corrected chi connectivity index (χ2v) is 10.7. The van der Waals surface area contributed by atoms with Gasteiger partial charge in [-0.05, 0) is 86.5 Å². The van der Waals surface area contributed by atoms with Crippen LogP contribution in [0.2, 0.25) is 0 Å². The van der Waals surface area contributed by atoms with E-state index in [1.807, 2.05) is 65.0 Å². The van der Waals surface area contributed by atoms with Gasteiger partial charge in [0.25, 0.3) is 5.56 Å². The molecule has 0 bridgehead atoms.